The van der Waals surface area contributed by atoms with E-state index in [9.17, 15) is 9.18 Å². The maximum absolute atomic E-state index is 13.9. The second-order valence-electron chi connectivity index (χ2n) is 9.29. The molecule has 0 saturated carbocycles. The van der Waals surface area contributed by atoms with E-state index in [1.54, 1.807) is 25.2 Å². The van der Waals surface area contributed by atoms with Gasteiger partial charge in [-0.2, -0.15) is 0 Å². The van der Waals surface area contributed by atoms with Crippen LogP contribution >= 0.6 is 0 Å². The van der Waals surface area contributed by atoms with Crippen LogP contribution in [0, 0.1) is 12.7 Å². The number of aryl methyl sites for hydroxylation is 1. The van der Waals surface area contributed by atoms with Crippen LogP contribution in [0.25, 0.3) is 21.8 Å². The highest BCUT2D eigenvalue weighted by atomic mass is 19.1. The predicted molar refractivity (Wildman–Crippen MR) is 145 cm³/mol. The van der Waals surface area contributed by atoms with Crippen molar-refractivity contribution in [1.82, 2.24) is 14.5 Å². The number of anilines is 3. The molecule has 0 unspecified atom stereocenters. The van der Waals surface area contributed by atoms with Gasteiger partial charge in [-0.15, -0.1) is 0 Å². The number of methoxy groups -OCH3 is 2. The van der Waals surface area contributed by atoms with Gasteiger partial charge in [0, 0.05) is 40.5 Å². The van der Waals surface area contributed by atoms with Crippen molar-refractivity contribution in [2.24, 2.45) is 0 Å². The Balaban J connectivity index is 1.25. The summed E-state index contributed by atoms with van der Waals surface area (Å²) >= 11 is 0. The van der Waals surface area contributed by atoms with Crippen LogP contribution < -0.4 is 19.7 Å². The first-order valence-electron chi connectivity index (χ1n) is 12.3. The van der Waals surface area contributed by atoms with E-state index in [0.717, 1.165) is 50.9 Å². The number of aromatic nitrogens is 3. The van der Waals surface area contributed by atoms with E-state index in [2.05, 4.69) is 15.3 Å². The Labute approximate surface area is 218 Å². The van der Waals surface area contributed by atoms with Gasteiger partial charge in [0.1, 0.15) is 24.5 Å². The van der Waals surface area contributed by atoms with E-state index >= 15 is 0 Å². The van der Waals surface area contributed by atoms with Gasteiger partial charge in [0.2, 0.25) is 5.91 Å². The molecule has 1 aliphatic heterocycles. The lowest BCUT2D eigenvalue weighted by Gasteiger charge is -2.19. The van der Waals surface area contributed by atoms with Crippen LogP contribution in [0.5, 0.6) is 11.5 Å². The highest BCUT2D eigenvalue weighted by molar-refractivity contribution is 5.97. The molecule has 0 atom stereocenters. The van der Waals surface area contributed by atoms with Crippen molar-refractivity contribution in [3.8, 4) is 11.5 Å². The van der Waals surface area contributed by atoms with Gasteiger partial charge in [-0.05, 0) is 67.4 Å². The molecular weight excluding hydrogens is 485 g/mol. The van der Waals surface area contributed by atoms with Gasteiger partial charge in [-0.1, -0.05) is 0 Å². The molecule has 9 heteroatoms. The average molecular weight is 512 g/mol. The number of hydrogen-bond acceptors (Lipinski definition) is 6. The van der Waals surface area contributed by atoms with Gasteiger partial charge < -0.3 is 24.3 Å². The molecule has 0 radical (unpaired) electrons. The second kappa shape index (κ2) is 9.33. The summed E-state index contributed by atoms with van der Waals surface area (Å²) in [5.74, 6) is 1.49. The number of fused-ring (bicyclic) bond motifs is 3. The molecule has 1 aliphatic rings. The molecule has 3 heterocycles. The molecule has 1 amide bonds. The van der Waals surface area contributed by atoms with Crippen LogP contribution in [0.1, 0.15) is 11.3 Å². The van der Waals surface area contributed by atoms with E-state index in [4.69, 9.17) is 9.47 Å². The minimum atomic E-state index is -0.315. The lowest BCUT2D eigenvalue weighted by atomic mass is 10.1. The molecule has 5 aromatic rings. The van der Waals surface area contributed by atoms with Crippen molar-refractivity contribution >= 4 is 44.9 Å². The topological polar surface area (TPSA) is 81.5 Å². The lowest BCUT2D eigenvalue weighted by molar-refractivity contribution is -0.119. The van der Waals surface area contributed by atoms with Crippen molar-refractivity contribution < 1.29 is 18.7 Å². The molecule has 0 spiro atoms. The molecule has 192 valence electrons. The molecular formula is C29H26FN5O3. The monoisotopic (exact) mass is 511 g/mol. The fourth-order valence-corrected chi connectivity index (χ4v) is 5.15. The highest BCUT2D eigenvalue weighted by Crippen LogP contribution is 2.36. The molecule has 8 nitrogen and oxygen atoms in total. The lowest BCUT2D eigenvalue weighted by Crippen LogP contribution is -2.32. The maximum Gasteiger partial charge on any atom is 0.246 e. The molecule has 2 aromatic heterocycles. The first-order chi connectivity index (χ1) is 18.4. The fourth-order valence-electron chi connectivity index (χ4n) is 5.15. The van der Waals surface area contributed by atoms with Crippen molar-refractivity contribution in [2.75, 3.05) is 31.0 Å². The number of nitrogens with one attached hydrogen (secondary N) is 1. The molecule has 6 rings (SSSR count). The quantitative estimate of drug-likeness (QED) is 0.330. The standard InChI is InChI=1S/C29H26FN5O3/c1-17-10-18-4-5-20(30)12-25(18)35(17)15-28(36)34-9-8-19-11-21(6-7-24(19)34)33-29-22-13-26(37-2)27(38-3)14-23(22)31-16-32-29/h4-7,10-14,16H,8-9,15H2,1-3H3,(H,31,32,33). The van der Waals surface area contributed by atoms with Gasteiger partial charge in [-0.25, -0.2) is 14.4 Å². The zero-order valence-electron chi connectivity index (χ0n) is 21.3. The summed E-state index contributed by atoms with van der Waals surface area (Å²) in [6, 6.07) is 16.2. The number of halogens is 1. The zero-order chi connectivity index (χ0) is 26.4. The largest absolute Gasteiger partial charge is 0.493 e. The van der Waals surface area contributed by atoms with Gasteiger partial charge >= 0.3 is 0 Å². The van der Waals surface area contributed by atoms with Gasteiger partial charge in [0.25, 0.3) is 0 Å². The molecule has 1 N–H and O–H groups in total. The highest BCUT2D eigenvalue weighted by Gasteiger charge is 2.26. The smallest absolute Gasteiger partial charge is 0.246 e. The Morgan fingerprint density at radius 2 is 1.84 bits per heavy atom. The van der Waals surface area contributed by atoms with Gasteiger partial charge in [-0.3, -0.25) is 4.79 Å². The van der Waals surface area contributed by atoms with E-state index in [-0.39, 0.29) is 18.3 Å². The summed E-state index contributed by atoms with van der Waals surface area (Å²) in [6.07, 6.45) is 2.25. The Bertz CT molecular complexity index is 1710. The number of amides is 1. The molecule has 0 bridgehead atoms. The number of benzene rings is 3. The van der Waals surface area contributed by atoms with E-state index in [1.807, 2.05) is 47.9 Å². The van der Waals surface area contributed by atoms with Crippen LogP contribution in [0.15, 0.2) is 60.9 Å². The SMILES string of the molecule is COc1cc2ncnc(Nc3ccc4c(c3)CCN4C(=O)Cn3c(C)cc4ccc(F)cc43)c2cc1OC. The molecule has 0 saturated heterocycles. The molecule has 38 heavy (non-hydrogen) atoms. The molecule has 0 fully saturated rings. The Hall–Kier alpha value is -4.66. The third-order valence-corrected chi connectivity index (χ3v) is 7.05. The van der Waals surface area contributed by atoms with Crippen molar-refractivity contribution in [1.29, 1.82) is 0 Å². The third-order valence-electron chi connectivity index (χ3n) is 7.05. The Morgan fingerprint density at radius 3 is 2.66 bits per heavy atom. The van der Waals surface area contributed by atoms with Crippen LogP contribution in [-0.4, -0.2) is 41.2 Å². The fraction of sp³-hybridized carbons (Fsp3) is 0.207. The Kier molecular flexibility index (Phi) is 5.83. The van der Waals surface area contributed by atoms with Crippen LogP contribution in [-0.2, 0) is 17.8 Å². The van der Waals surface area contributed by atoms with E-state index < -0.39 is 0 Å². The van der Waals surface area contributed by atoms with Crippen LogP contribution in [0.3, 0.4) is 0 Å². The van der Waals surface area contributed by atoms with Gasteiger partial charge in [0.05, 0.1) is 25.3 Å². The number of carbonyl (C=O) groups is 1. The first-order valence-corrected chi connectivity index (χ1v) is 12.3. The second-order valence-corrected chi connectivity index (χ2v) is 9.29. The normalized spacial score (nSPS) is 12.7. The van der Waals surface area contributed by atoms with Crippen LogP contribution in [0.2, 0.25) is 0 Å². The summed E-state index contributed by atoms with van der Waals surface area (Å²) in [5.41, 5.74) is 5.19. The minimum Gasteiger partial charge on any atom is -0.493 e. The van der Waals surface area contributed by atoms with E-state index in [1.165, 1.54) is 18.5 Å². The van der Waals surface area contributed by atoms with Crippen molar-refractivity contribution in [3.63, 3.8) is 0 Å². The average Bonchev–Trinajstić information content (AvgIpc) is 3.48. The minimum absolute atomic E-state index is 0.0304. The maximum atomic E-state index is 13.9. The predicted octanol–water partition coefficient (Wildman–Crippen LogP) is 5.38. The van der Waals surface area contributed by atoms with Gasteiger partial charge in [0.15, 0.2) is 11.5 Å². The summed E-state index contributed by atoms with van der Waals surface area (Å²) in [4.78, 5) is 24.0. The van der Waals surface area contributed by atoms with Crippen molar-refractivity contribution in [2.45, 2.75) is 19.9 Å². The Morgan fingerprint density at radius 1 is 1.03 bits per heavy atom. The number of ether oxygens (including phenoxy) is 2. The summed E-state index contributed by atoms with van der Waals surface area (Å²) in [5, 5.41) is 5.11. The first kappa shape index (κ1) is 23.7. The number of nitrogens with zero attached hydrogens (tertiary/aromatic N) is 4. The number of carbonyl (C=O) groups excluding carboxylic acids is 1. The molecule has 3 aromatic carbocycles. The summed E-state index contributed by atoms with van der Waals surface area (Å²) in [6.45, 7) is 2.68. The summed E-state index contributed by atoms with van der Waals surface area (Å²) in [7, 11) is 3.18. The van der Waals surface area contributed by atoms with Crippen LogP contribution in [0.4, 0.5) is 21.6 Å². The summed E-state index contributed by atoms with van der Waals surface area (Å²) < 4.78 is 26.6. The number of hydrogen-bond donors (Lipinski definition) is 1. The van der Waals surface area contributed by atoms with E-state index in [0.29, 0.717) is 23.9 Å². The van der Waals surface area contributed by atoms with Crippen molar-refractivity contribution in [3.05, 3.63) is 78.0 Å². The third kappa shape index (κ3) is 4.06. The number of rotatable bonds is 6. The molecule has 0 aliphatic carbocycles. The zero-order valence-corrected chi connectivity index (χ0v) is 21.3.